The fourth-order valence-corrected chi connectivity index (χ4v) is 3.80. The Morgan fingerprint density at radius 3 is 2.31 bits per heavy atom. The molecule has 0 aliphatic rings. The standard InChI is InChI=1S/C11H10NO2S2/c1-7-8(2)16-11(15-7)9-3-5-10(6-4-9)12(13)14/h3-6H,1-2H3/q+1. The fraction of sp³-hybridized carbons (Fsp3) is 0.182. The highest BCUT2D eigenvalue weighted by atomic mass is 32.2. The van der Waals surface area contributed by atoms with E-state index in [4.69, 9.17) is 0 Å². The highest BCUT2D eigenvalue weighted by Gasteiger charge is 2.18. The summed E-state index contributed by atoms with van der Waals surface area (Å²) >= 11 is 3.46. The molecular weight excluding hydrogens is 242 g/mol. The number of non-ortho nitro benzene ring substituents is 1. The molecule has 2 aromatic rings. The molecule has 0 aliphatic carbocycles. The van der Waals surface area contributed by atoms with Gasteiger partial charge in [0.25, 0.3) is 9.88 Å². The highest BCUT2D eigenvalue weighted by Crippen LogP contribution is 2.36. The van der Waals surface area contributed by atoms with Crippen LogP contribution < -0.4 is 0 Å². The maximum absolute atomic E-state index is 10.5. The molecular formula is C11H10NO2S2+. The molecule has 3 nitrogen and oxygen atoms in total. The topological polar surface area (TPSA) is 43.1 Å². The van der Waals surface area contributed by atoms with Crippen LogP contribution in [0.3, 0.4) is 0 Å². The lowest BCUT2D eigenvalue weighted by Gasteiger charge is -1.90. The number of benzene rings is 1. The Morgan fingerprint density at radius 2 is 1.88 bits per heavy atom. The first-order chi connectivity index (χ1) is 7.58. The van der Waals surface area contributed by atoms with Gasteiger partial charge >= 0.3 is 0 Å². The summed E-state index contributed by atoms with van der Waals surface area (Å²) in [6.07, 6.45) is 0. The molecule has 5 heteroatoms. The molecule has 0 bridgehead atoms. The molecule has 0 fully saturated rings. The second kappa shape index (κ2) is 4.27. The van der Waals surface area contributed by atoms with Gasteiger partial charge in [-0.1, -0.05) is 0 Å². The Morgan fingerprint density at radius 1 is 1.25 bits per heavy atom. The van der Waals surface area contributed by atoms with Crippen molar-refractivity contribution in [3.05, 3.63) is 44.1 Å². The molecule has 0 saturated carbocycles. The smallest absolute Gasteiger partial charge is 0.258 e. The van der Waals surface area contributed by atoms with Gasteiger partial charge in [-0.2, -0.15) is 0 Å². The van der Waals surface area contributed by atoms with E-state index < -0.39 is 0 Å². The van der Waals surface area contributed by atoms with Crippen LogP contribution in [0.25, 0.3) is 9.75 Å². The molecule has 0 aliphatic heterocycles. The van der Waals surface area contributed by atoms with Crippen molar-refractivity contribution in [2.24, 2.45) is 0 Å². The van der Waals surface area contributed by atoms with E-state index in [0.717, 1.165) is 5.56 Å². The monoisotopic (exact) mass is 252 g/mol. The molecule has 0 radical (unpaired) electrons. The lowest BCUT2D eigenvalue weighted by molar-refractivity contribution is -0.384. The van der Waals surface area contributed by atoms with Gasteiger partial charge in [-0.3, -0.25) is 10.1 Å². The van der Waals surface area contributed by atoms with Gasteiger partial charge in [-0.25, -0.2) is 0 Å². The second-order valence-corrected chi connectivity index (χ2v) is 6.12. The number of nitro groups is 1. The van der Waals surface area contributed by atoms with Gasteiger partial charge in [0, 0.05) is 17.7 Å². The molecule has 0 atom stereocenters. The average molecular weight is 252 g/mol. The van der Waals surface area contributed by atoms with Crippen molar-refractivity contribution in [3.63, 3.8) is 0 Å². The maximum Gasteiger partial charge on any atom is 0.285 e. The van der Waals surface area contributed by atoms with E-state index in [-0.39, 0.29) is 10.6 Å². The molecule has 1 aromatic carbocycles. The Hall–Kier alpha value is -1.33. The van der Waals surface area contributed by atoms with Crippen molar-refractivity contribution in [2.75, 3.05) is 0 Å². The number of hydrogen-bond acceptors (Lipinski definition) is 3. The summed E-state index contributed by atoms with van der Waals surface area (Å²) in [4.78, 5) is 12.7. The molecule has 16 heavy (non-hydrogen) atoms. The number of nitrogens with zero attached hydrogens (tertiary/aromatic N) is 1. The first kappa shape index (κ1) is 11.2. The van der Waals surface area contributed by atoms with Crippen LogP contribution in [0.15, 0.2) is 24.3 Å². The summed E-state index contributed by atoms with van der Waals surface area (Å²) in [5, 5.41) is 10.5. The third-order valence-corrected chi connectivity index (χ3v) is 5.00. The zero-order valence-corrected chi connectivity index (χ0v) is 10.5. The van der Waals surface area contributed by atoms with Crippen LogP contribution in [0.2, 0.25) is 0 Å². The average Bonchev–Trinajstić information content (AvgIpc) is 2.59. The van der Waals surface area contributed by atoms with E-state index in [1.165, 1.54) is 13.9 Å². The predicted molar refractivity (Wildman–Crippen MR) is 68.2 cm³/mol. The zero-order chi connectivity index (χ0) is 11.7. The molecule has 1 aromatic heterocycles. The maximum atomic E-state index is 10.5. The minimum Gasteiger partial charge on any atom is -0.258 e. The summed E-state index contributed by atoms with van der Waals surface area (Å²) in [6, 6.07) is 6.71. The van der Waals surface area contributed by atoms with Crippen molar-refractivity contribution < 1.29 is 4.92 Å². The molecule has 0 unspecified atom stereocenters. The van der Waals surface area contributed by atoms with E-state index in [1.54, 1.807) is 46.9 Å². The van der Waals surface area contributed by atoms with Crippen LogP contribution in [0.4, 0.5) is 5.69 Å². The first-order valence-electron chi connectivity index (χ1n) is 4.73. The van der Waals surface area contributed by atoms with E-state index >= 15 is 0 Å². The van der Waals surface area contributed by atoms with Gasteiger partial charge in [0.05, 0.1) is 27.6 Å². The van der Waals surface area contributed by atoms with Crippen molar-refractivity contribution in [1.29, 1.82) is 0 Å². The summed E-state index contributed by atoms with van der Waals surface area (Å²) < 4.78 is 1.20. The zero-order valence-electron chi connectivity index (χ0n) is 8.89. The van der Waals surface area contributed by atoms with Crippen molar-refractivity contribution in [3.8, 4) is 9.75 Å². The molecule has 82 valence electrons. The Balaban J connectivity index is 2.38. The first-order valence-corrected chi connectivity index (χ1v) is 6.36. The molecule has 1 heterocycles. The third kappa shape index (κ3) is 2.10. The van der Waals surface area contributed by atoms with Gasteiger partial charge in [0.15, 0.2) is 0 Å². The lowest BCUT2D eigenvalue weighted by Crippen LogP contribution is -1.86. The van der Waals surface area contributed by atoms with E-state index in [2.05, 4.69) is 13.8 Å². The molecule has 0 spiro atoms. The van der Waals surface area contributed by atoms with Gasteiger partial charge in [0.1, 0.15) is 9.75 Å². The number of rotatable bonds is 2. The Kier molecular flexibility index (Phi) is 2.98. The fourth-order valence-electron chi connectivity index (χ4n) is 1.28. The number of aryl methyl sites for hydroxylation is 2. The third-order valence-electron chi connectivity index (χ3n) is 2.30. The van der Waals surface area contributed by atoms with Crippen molar-refractivity contribution in [1.82, 2.24) is 0 Å². The largest absolute Gasteiger partial charge is 0.285 e. The normalized spacial score (nSPS) is 10.4. The van der Waals surface area contributed by atoms with Crippen LogP contribution in [0.1, 0.15) is 9.75 Å². The molecule has 0 saturated heterocycles. The Bertz CT molecular complexity index is 512. The predicted octanol–water partition coefficient (Wildman–Crippen LogP) is 4.28. The summed E-state index contributed by atoms with van der Waals surface area (Å²) in [5.41, 5.74) is 1.19. The number of hydrogen-bond donors (Lipinski definition) is 0. The summed E-state index contributed by atoms with van der Waals surface area (Å²) in [6.45, 7) is 4.18. The van der Waals surface area contributed by atoms with E-state index in [9.17, 15) is 10.1 Å². The van der Waals surface area contributed by atoms with Gasteiger partial charge in [-0.15, -0.1) is 0 Å². The van der Waals surface area contributed by atoms with Crippen molar-refractivity contribution >= 4 is 28.4 Å². The van der Waals surface area contributed by atoms with Gasteiger partial charge < -0.3 is 0 Å². The van der Waals surface area contributed by atoms with Crippen LogP contribution in [-0.2, 0) is 0 Å². The molecule has 0 N–H and O–H groups in total. The van der Waals surface area contributed by atoms with Crippen LogP contribution in [0, 0.1) is 24.0 Å². The van der Waals surface area contributed by atoms with E-state index in [1.807, 2.05) is 0 Å². The summed E-state index contributed by atoms with van der Waals surface area (Å²) in [5.74, 6) is 0. The summed E-state index contributed by atoms with van der Waals surface area (Å²) in [7, 11) is 0. The van der Waals surface area contributed by atoms with Gasteiger partial charge in [0.2, 0.25) is 0 Å². The Labute approximate surface area is 101 Å². The molecule has 0 amide bonds. The van der Waals surface area contributed by atoms with Gasteiger partial charge in [-0.05, 0) is 26.0 Å². The SMILES string of the molecule is Cc1sc(-c2ccc([N+](=O)[O-])cc2)[s+]c1C. The highest BCUT2D eigenvalue weighted by molar-refractivity contribution is 7.36. The van der Waals surface area contributed by atoms with E-state index in [0.29, 0.717) is 0 Å². The van der Waals surface area contributed by atoms with Crippen LogP contribution in [0.5, 0.6) is 0 Å². The minimum absolute atomic E-state index is 0.138. The second-order valence-electron chi connectivity index (χ2n) is 3.41. The van der Waals surface area contributed by atoms with Crippen LogP contribution >= 0.6 is 22.7 Å². The minimum atomic E-state index is -0.377. The molecule has 2 rings (SSSR count). The van der Waals surface area contributed by atoms with Crippen LogP contribution in [-0.4, -0.2) is 4.92 Å². The van der Waals surface area contributed by atoms with Crippen molar-refractivity contribution in [2.45, 2.75) is 13.8 Å². The lowest BCUT2D eigenvalue weighted by atomic mass is 10.2. The quantitative estimate of drug-likeness (QED) is 0.455. The number of nitro benzene ring substituents is 1.